The van der Waals surface area contributed by atoms with Crippen molar-refractivity contribution in [3.63, 3.8) is 0 Å². The average molecular weight is 442 g/mol. The minimum absolute atomic E-state index is 0.134. The summed E-state index contributed by atoms with van der Waals surface area (Å²) in [6.07, 6.45) is 2.15. The highest BCUT2D eigenvalue weighted by Gasteiger charge is 2.18. The Bertz CT molecular complexity index is 1420. The van der Waals surface area contributed by atoms with Crippen LogP contribution in [0, 0.1) is 17.1 Å². The molecule has 0 fully saturated rings. The number of nitrogens with one attached hydrogen (secondary N) is 1. The van der Waals surface area contributed by atoms with Crippen molar-refractivity contribution in [3.8, 4) is 6.07 Å². The van der Waals surface area contributed by atoms with E-state index in [4.69, 9.17) is 11.0 Å². The Balaban J connectivity index is 1.66. The minimum Gasteiger partial charge on any atom is -0.364 e. The summed E-state index contributed by atoms with van der Waals surface area (Å²) in [6, 6.07) is 14.4. The Kier molecular flexibility index (Phi) is 5.83. The molecule has 0 unspecified atom stereocenters. The number of carbonyl (C=O) groups is 2. The van der Waals surface area contributed by atoms with E-state index in [9.17, 15) is 14.0 Å². The second-order valence-electron chi connectivity index (χ2n) is 7.36. The molecule has 4 aromatic rings. The highest BCUT2D eigenvalue weighted by molar-refractivity contribution is 6.13. The van der Waals surface area contributed by atoms with Crippen molar-refractivity contribution in [1.82, 2.24) is 14.8 Å². The Hall–Kier alpha value is -4.58. The van der Waals surface area contributed by atoms with Crippen LogP contribution in [0.4, 0.5) is 10.1 Å². The number of primary amides is 1. The van der Waals surface area contributed by atoms with Gasteiger partial charge in [0.15, 0.2) is 0 Å². The number of fused-ring (bicyclic) bond motifs is 1. The quantitative estimate of drug-likeness (QED) is 0.473. The fourth-order valence-electron chi connectivity index (χ4n) is 3.59. The maximum Gasteiger partial charge on any atom is 0.267 e. The van der Waals surface area contributed by atoms with E-state index in [-0.39, 0.29) is 16.8 Å². The van der Waals surface area contributed by atoms with Crippen LogP contribution in [0.1, 0.15) is 44.6 Å². The lowest BCUT2D eigenvalue weighted by atomic mass is 10.1. The van der Waals surface area contributed by atoms with Gasteiger partial charge in [-0.15, -0.1) is 0 Å². The Labute approximate surface area is 188 Å². The number of nitrogens with two attached hydrogens (primary N) is 1. The second-order valence-corrected chi connectivity index (χ2v) is 7.36. The molecule has 8 nitrogen and oxygen atoms in total. The van der Waals surface area contributed by atoms with Crippen molar-refractivity contribution < 1.29 is 14.0 Å². The van der Waals surface area contributed by atoms with Crippen molar-refractivity contribution >= 4 is 28.4 Å². The number of amides is 2. The van der Waals surface area contributed by atoms with Crippen LogP contribution in [0.25, 0.3) is 10.9 Å². The third-order valence-electron chi connectivity index (χ3n) is 5.22. The van der Waals surface area contributed by atoms with Crippen LogP contribution >= 0.6 is 0 Å². The fraction of sp³-hybridized carbons (Fsp3) is 0.125. The second kappa shape index (κ2) is 8.88. The number of benzene rings is 2. The number of hydrogen-bond donors (Lipinski definition) is 2. The lowest BCUT2D eigenvalue weighted by molar-refractivity contribution is 0.0996. The lowest BCUT2D eigenvalue weighted by Crippen LogP contribution is -2.18. The number of anilines is 1. The first-order chi connectivity index (χ1) is 15.9. The number of aromatic nitrogens is 3. The number of hydrogen-bond acceptors (Lipinski definition) is 5. The maximum atomic E-state index is 13.7. The van der Waals surface area contributed by atoms with Crippen LogP contribution in [-0.4, -0.2) is 26.6 Å². The molecular formula is C24H19FN6O2. The molecule has 2 amide bonds. The van der Waals surface area contributed by atoms with Gasteiger partial charge in [-0.1, -0.05) is 19.1 Å². The molecule has 2 heterocycles. The molecule has 2 aromatic heterocycles. The number of carbonyl (C=O) groups excluding carboxylic acids is 2. The van der Waals surface area contributed by atoms with E-state index in [1.165, 1.54) is 18.2 Å². The molecule has 0 radical (unpaired) electrons. The number of rotatable bonds is 6. The van der Waals surface area contributed by atoms with E-state index in [0.717, 1.165) is 17.3 Å². The third kappa shape index (κ3) is 4.41. The van der Waals surface area contributed by atoms with Crippen molar-refractivity contribution in [1.29, 1.82) is 5.26 Å². The van der Waals surface area contributed by atoms with E-state index >= 15 is 0 Å². The maximum absolute atomic E-state index is 13.7. The predicted molar refractivity (Wildman–Crippen MR) is 120 cm³/mol. The third-order valence-corrected chi connectivity index (χ3v) is 5.22. The molecule has 0 saturated heterocycles. The number of nitriles is 1. The van der Waals surface area contributed by atoms with Crippen molar-refractivity contribution in [2.24, 2.45) is 5.73 Å². The molecule has 0 spiro atoms. The van der Waals surface area contributed by atoms with Gasteiger partial charge < -0.3 is 11.1 Å². The first-order valence-electron chi connectivity index (χ1n) is 10.1. The van der Waals surface area contributed by atoms with Crippen molar-refractivity contribution in [2.75, 3.05) is 5.32 Å². The molecule has 0 bridgehead atoms. The molecule has 164 valence electrons. The van der Waals surface area contributed by atoms with Crippen LogP contribution in [0.15, 0.2) is 54.7 Å². The molecule has 0 aliphatic heterocycles. The van der Waals surface area contributed by atoms with Crippen molar-refractivity contribution in [2.45, 2.75) is 19.9 Å². The number of pyridine rings is 1. The van der Waals surface area contributed by atoms with E-state index in [0.29, 0.717) is 29.6 Å². The van der Waals surface area contributed by atoms with Gasteiger partial charge >= 0.3 is 0 Å². The Morgan fingerprint density at radius 1 is 1.18 bits per heavy atom. The van der Waals surface area contributed by atoms with Gasteiger partial charge in [0.1, 0.15) is 11.5 Å². The van der Waals surface area contributed by atoms with Crippen LogP contribution in [0.3, 0.4) is 0 Å². The number of halogens is 1. The zero-order valence-corrected chi connectivity index (χ0v) is 17.7. The smallest absolute Gasteiger partial charge is 0.267 e. The van der Waals surface area contributed by atoms with Gasteiger partial charge in [0, 0.05) is 11.5 Å². The van der Waals surface area contributed by atoms with Gasteiger partial charge in [-0.05, 0) is 42.3 Å². The highest BCUT2D eigenvalue weighted by Crippen LogP contribution is 2.23. The van der Waals surface area contributed by atoms with E-state index < -0.39 is 17.6 Å². The monoisotopic (exact) mass is 442 g/mol. The lowest BCUT2D eigenvalue weighted by Gasteiger charge is -2.11. The molecule has 9 heteroatoms. The molecule has 0 aliphatic carbocycles. The first-order valence-corrected chi connectivity index (χ1v) is 10.1. The van der Waals surface area contributed by atoms with Gasteiger partial charge in [0.2, 0.25) is 0 Å². The molecule has 3 N–H and O–H groups in total. The fourth-order valence-corrected chi connectivity index (χ4v) is 3.59. The van der Waals surface area contributed by atoms with E-state index in [1.807, 2.05) is 19.1 Å². The van der Waals surface area contributed by atoms with E-state index in [1.54, 1.807) is 23.0 Å². The van der Waals surface area contributed by atoms with Crippen LogP contribution in [-0.2, 0) is 13.0 Å². The van der Waals surface area contributed by atoms with Gasteiger partial charge in [-0.3, -0.25) is 14.3 Å². The summed E-state index contributed by atoms with van der Waals surface area (Å²) < 4.78 is 15.5. The van der Waals surface area contributed by atoms with Crippen molar-refractivity contribution in [3.05, 3.63) is 88.6 Å². The number of nitrogens with zero attached hydrogens (tertiary/aromatic N) is 4. The summed E-state index contributed by atoms with van der Waals surface area (Å²) >= 11 is 0. The molecule has 0 atom stereocenters. The molecule has 0 saturated carbocycles. The molecule has 2 aromatic carbocycles. The topological polar surface area (TPSA) is 127 Å². The summed E-state index contributed by atoms with van der Waals surface area (Å²) in [7, 11) is 0. The van der Waals surface area contributed by atoms with Crippen LogP contribution in [0.2, 0.25) is 0 Å². The minimum atomic E-state index is -0.820. The zero-order valence-electron chi connectivity index (χ0n) is 17.7. The normalized spacial score (nSPS) is 10.7. The summed E-state index contributed by atoms with van der Waals surface area (Å²) in [6.45, 7) is 2.41. The summed E-state index contributed by atoms with van der Waals surface area (Å²) in [5.41, 5.74) is 8.36. The van der Waals surface area contributed by atoms with Gasteiger partial charge in [0.05, 0.1) is 46.8 Å². The molecule has 33 heavy (non-hydrogen) atoms. The Morgan fingerprint density at radius 2 is 1.94 bits per heavy atom. The zero-order chi connectivity index (χ0) is 23.5. The van der Waals surface area contributed by atoms with Gasteiger partial charge in [-0.25, -0.2) is 9.37 Å². The molecule has 0 aliphatic rings. The average Bonchev–Trinajstić information content (AvgIpc) is 3.19. The van der Waals surface area contributed by atoms with Gasteiger partial charge in [0.25, 0.3) is 11.8 Å². The first kappa shape index (κ1) is 21.6. The largest absolute Gasteiger partial charge is 0.364 e. The summed E-state index contributed by atoms with van der Waals surface area (Å²) in [5.74, 6) is -1.86. The standard InChI is InChI=1S/C24H19FN6O2/c1-2-22-21(12-28-31(22)13-15-5-3-14(11-26)4-6-15)30-24(33)18-10-20(23(27)32)29-19-9-16(25)7-8-17(18)19/h3-10,12H,2,13H2,1H3,(H2,27,32)(H,30,33). The SMILES string of the molecule is CCc1c(NC(=O)c2cc(C(N)=O)nc3cc(F)ccc23)cnn1Cc1ccc(C#N)cc1. The van der Waals surface area contributed by atoms with E-state index in [2.05, 4.69) is 21.5 Å². The van der Waals surface area contributed by atoms with Gasteiger partial charge in [-0.2, -0.15) is 10.4 Å². The summed E-state index contributed by atoms with van der Waals surface area (Å²) in [5, 5.41) is 16.6. The summed E-state index contributed by atoms with van der Waals surface area (Å²) in [4.78, 5) is 28.9. The highest BCUT2D eigenvalue weighted by atomic mass is 19.1. The Morgan fingerprint density at radius 3 is 2.61 bits per heavy atom. The molecular weight excluding hydrogens is 423 g/mol. The molecule has 4 rings (SSSR count). The van der Waals surface area contributed by atoms with Crippen LogP contribution < -0.4 is 11.1 Å². The van der Waals surface area contributed by atoms with Crippen LogP contribution in [0.5, 0.6) is 0 Å². The predicted octanol–water partition coefficient (Wildman–Crippen LogP) is 3.40.